The molecule has 0 unspecified atom stereocenters. The van der Waals surface area contributed by atoms with Crippen LogP contribution in [0.5, 0.6) is 0 Å². The van der Waals surface area contributed by atoms with E-state index >= 15 is 0 Å². The van der Waals surface area contributed by atoms with E-state index in [1.807, 2.05) is 114 Å². The van der Waals surface area contributed by atoms with Crippen LogP contribution < -0.4 is 4.90 Å². The molecule has 0 saturated carbocycles. The van der Waals surface area contributed by atoms with Crippen molar-refractivity contribution >= 4 is 71.7 Å². The van der Waals surface area contributed by atoms with Crippen LogP contribution in [-0.4, -0.2) is 0 Å². The first-order valence-corrected chi connectivity index (χ1v) is 14.2. The van der Waals surface area contributed by atoms with Gasteiger partial charge in [0.15, 0.2) is 0 Å². The van der Waals surface area contributed by atoms with Crippen LogP contribution in [0, 0.1) is 0 Å². The first-order chi connectivity index (χ1) is 23.0. The molecule has 0 radical (unpaired) electrons. The lowest BCUT2D eigenvalue weighted by Gasteiger charge is -2.26. The molecule has 0 saturated heterocycles. The number of nitrogens with zero attached hydrogens (tertiary/aromatic N) is 1. The quantitative estimate of drug-likeness (QED) is 0.216. The van der Waals surface area contributed by atoms with Gasteiger partial charge in [-0.3, -0.25) is 0 Å². The Kier molecular flexibility index (Phi) is 4.39. The lowest BCUT2D eigenvalue weighted by molar-refractivity contribution is 0.670. The maximum atomic E-state index is 9.71. The molecule has 2 aromatic heterocycles. The number of furan rings is 2. The van der Waals surface area contributed by atoms with Crippen LogP contribution in [0.25, 0.3) is 65.8 Å². The van der Waals surface area contributed by atoms with Crippen LogP contribution in [0.3, 0.4) is 0 Å². The fourth-order valence-electron chi connectivity index (χ4n) is 6.21. The molecule has 9 aromatic rings. The molecular formula is C40H25NO2. The van der Waals surface area contributed by atoms with Crippen LogP contribution in [-0.2, 0) is 0 Å². The normalized spacial score (nSPS) is 13.0. The summed E-state index contributed by atoms with van der Waals surface area (Å²) in [4.78, 5) is 1.86. The molecule has 0 fully saturated rings. The molecule has 0 amide bonds. The van der Waals surface area contributed by atoms with E-state index < -0.39 is 0 Å². The summed E-state index contributed by atoms with van der Waals surface area (Å²) in [5.41, 5.74) is 5.06. The summed E-state index contributed by atoms with van der Waals surface area (Å²) in [6.07, 6.45) is 0. The van der Waals surface area contributed by atoms with Crippen molar-refractivity contribution in [3.63, 3.8) is 0 Å². The predicted octanol–water partition coefficient (Wildman–Crippen LogP) is 11.8. The van der Waals surface area contributed by atoms with Crippen molar-refractivity contribution in [2.75, 3.05) is 4.90 Å². The lowest BCUT2D eigenvalue weighted by Crippen LogP contribution is -2.10. The van der Waals surface area contributed by atoms with Gasteiger partial charge in [-0.25, -0.2) is 0 Å². The van der Waals surface area contributed by atoms with Gasteiger partial charge in [-0.1, -0.05) is 103 Å². The number of benzene rings is 7. The zero-order valence-corrected chi connectivity index (χ0v) is 22.9. The summed E-state index contributed by atoms with van der Waals surface area (Å²) in [6.45, 7) is 0. The second kappa shape index (κ2) is 9.37. The third kappa shape index (κ3) is 3.68. The van der Waals surface area contributed by atoms with Crippen LogP contribution in [0.2, 0.25) is 0 Å². The monoisotopic (exact) mass is 555 g/mol. The molecule has 0 aliphatic carbocycles. The average molecular weight is 556 g/mol. The Hall–Kier alpha value is -5.80. The van der Waals surface area contributed by atoms with Gasteiger partial charge in [0.25, 0.3) is 0 Å². The number of fused-ring (bicyclic) bond motifs is 8. The molecule has 0 atom stereocenters. The van der Waals surface area contributed by atoms with E-state index in [-0.39, 0.29) is 35.4 Å². The summed E-state index contributed by atoms with van der Waals surface area (Å²) in [6, 6.07) is 40.3. The molecule has 43 heavy (non-hydrogen) atoms. The molecule has 0 spiro atoms. The third-order valence-electron chi connectivity index (χ3n) is 8.13. The van der Waals surface area contributed by atoms with Crippen LogP contribution >= 0.6 is 0 Å². The van der Waals surface area contributed by atoms with Gasteiger partial charge in [0.2, 0.25) is 0 Å². The van der Waals surface area contributed by atoms with Gasteiger partial charge in [0.1, 0.15) is 22.3 Å². The van der Waals surface area contributed by atoms with Crippen molar-refractivity contribution in [2.45, 2.75) is 0 Å². The number of hydrogen-bond donors (Lipinski definition) is 0. The van der Waals surface area contributed by atoms with Crippen LogP contribution in [0.15, 0.2) is 160 Å². The molecule has 0 aliphatic rings. The van der Waals surface area contributed by atoms with E-state index in [0.717, 1.165) is 37.9 Å². The van der Waals surface area contributed by atoms with Gasteiger partial charge >= 0.3 is 0 Å². The third-order valence-corrected chi connectivity index (χ3v) is 8.13. The lowest BCUT2D eigenvalue weighted by atomic mass is 10.0. The molecule has 3 nitrogen and oxygen atoms in total. The fraction of sp³-hybridized carbons (Fsp3) is 0. The zero-order chi connectivity index (χ0) is 31.8. The average Bonchev–Trinajstić information content (AvgIpc) is 3.69. The van der Waals surface area contributed by atoms with Crippen molar-refractivity contribution in [3.8, 4) is 11.1 Å². The minimum Gasteiger partial charge on any atom is -0.455 e. The molecule has 2 heterocycles. The summed E-state index contributed by atoms with van der Waals surface area (Å²) < 4.78 is 49.9. The maximum Gasteiger partial charge on any atom is 0.143 e. The maximum absolute atomic E-state index is 9.71. The number of anilines is 3. The van der Waals surface area contributed by atoms with Crippen LogP contribution in [0.1, 0.15) is 5.48 Å². The Labute approximate surface area is 253 Å². The summed E-state index contributed by atoms with van der Waals surface area (Å²) in [7, 11) is 0. The van der Waals surface area contributed by atoms with E-state index in [9.17, 15) is 2.74 Å². The number of para-hydroxylation sites is 3. The SMILES string of the molecule is [2H]c1c([2H])c(-c2cccc3c2oc2ccccc23)c([2H])c(N(c2ccccc2)c2cccc3oc4c5ccccc5ccc4c23)c1[2H]. The smallest absolute Gasteiger partial charge is 0.143 e. The Balaban J connectivity index is 1.38. The highest BCUT2D eigenvalue weighted by Crippen LogP contribution is 2.45. The summed E-state index contributed by atoms with van der Waals surface area (Å²) >= 11 is 0. The number of rotatable bonds is 4. The van der Waals surface area contributed by atoms with Crippen molar-refractivity contribution in [2.24, 2.45) is 0 Å². The first kappa shape index (κ1) is 20.1. The van der Waals surface area contributed by atoms with Gasteiger partial charge in [0, 0.05) is 38.5 Å². The minimum atomic E-state index is -0.268. The minimum absolute atomic E-state index is 0.0388. The van der Waals surface area contributed by atoms with Gasteiger partial charge in [-0.2, -0.15) is 0 Å². The number of hydrogen-bond acceptors (Lipinski definition) is 3. The summed E-state index contributed by atoms with van der Waals surface area (Å²) in [5, 5.41) is 5.59. The fourth-order valence-corrected chi connectivity index (χ4v) is 6.21. The van der Waals surface area contributed by atoms with Crippen molar-refractivity contribution in [3.05, 3.63) is 152 Å². The molecular weight excluding hydrogens is 526 g/mol. The molecule has 7 aromatic carbocycles. The van der Waals surface area contributed by atoms with E-state index in [4.69, 9.17) is 11.6 Å². The van der Waals surface area contributed by atoms with E-state index in [1.54, 1.807) is 0 Å². The zero-order valence-electron chi connectivity index (χ0n) is 26.9. The van der Waals surface area contributed by atoms with E-state index in [2.05, 4.69) is 18.2 Å². The molecule has 0 aliphatic heterocycles. The highest BCUT2D eigenvalue weighted by Gasteiger charge is 2.21. The van der Waals surface area contributed by atoms with Gasteiger partial charge in [-0.15, -0.1) is 0 Å². The van der Waals surface area contributed by atoms with Gasteiger partial charge in [0.05, 0.1) is 16.6 Å². The van der Waals surface area contributed by atoms with Gasteiger partial charge in [-0.05, 0) is 59.4 Å². The van der Waals surface area contributed by atoms with Crippen LogP contribution in [0.4, 0.5) is 17.1 Å². The van der Waals surface area contributed by atoms with Crippen molar-refractivity contribution < 1.29 is 14.3 Å². The Morgan fingerprint density at radius 3 is 2.19 bits per heavy atom. The van der Waals surface area contributed by atoms with Crippen molar-refractivity contribution in [1.29, 1.82) is 0 Å². The molecule has 202 valence electrons. The molecule has 9 rings (SSSR count). The Bertz CT molecular complexity index is 2690. The standard InChI is InChI=1S/C40H25NO2/c1-2-13-28(14-3-1)41(35-20-10-22-37-38(35)34-24-23-26-11-4-5-16-30(26)40(34)43-37)29-15-8-12-27(25-29)31-18-9-19-33-32-17-6-7-21-36(32)42-39(31)33/h1-25H/i8D,12D,15D,25D. The molecule has 0 bridgehead atoms. The Morgan fingerprint density at radius 2 is 1.26 bits per heavy atom. The van der Waals surface area contributed by atoms with E-state index in [0.29, 0.717) is 33.7 Å². The first-order valence-electron chi connectivity index (χ1n) is 16.2. The molecule has 3 heteroatoms. The predicted molar refractivity (Wildman–Crippen MR) is 179 cm³/mol. The second-order valence-corrected chi connectivity index (χ2v) is 10.6. The topological polar surface area (TPSA) is 29.5 Å². The summed E-state index contributed by atoms with van der Waals surface area (Å²) in [5.74, 6) is 0. The highest BCUT2D eigenvalue weighted by molar-refractivity contribution is 6.19. The van der Waals surface area contributed by atoms with E-state index in [1.165, 1.54) is 0 Å². The van der Waals surface area contributed by atoms with Crippen molar-refractivity contribution in [1.82, 2.24) is 0 Å². The Morgan fingerprint density at radius 1 is 0.512 bits per heavy atom. The second-order valence-electron chi connectivity index (χ2n) is 10.6. The highest BCUT2D eigenvalue weighted by atomic mass is 16.3. The van der Waals surface area contributed by atoms with Gasteiger partial charge < -0.3 is 13.7 Å². The largest absolute Gasteiger partial charge is 0.455 e. The molecule has 0 N–H and O–H groups in total.